The third-order valence-electron chi connectivity index (χ3n) is 3.08. The van der Waals surface area contributed by atoms with Gasteiger partial charge >= 0.3 is 0 Å². The van der Waals surface area contributed by atoms with E-state index in [2.05, 4.69) is 24.0 Å². The van der Waals surface area contributed by atoms with E-state index in [0.717, 1.165) is 25.8 Å². The summed E-state index contributed by atoms with van der Waals surface area (Å²) in [5.74, 6) is 0.202. The SMILES string of the molecule is C=CCc1ccccc1C1CCCNC1=O. The summed E-state index contributed by atoms with van der Waals surface area (Å²) >= 11 is 0. The summed E-state index contributed by atoms with van der Waals surface area (Å²) in [5.41, 5.74) is 2.39. The van der Waals surface area contributed by atoms with Crippen LogP contribution in [0.25, 0.3) is 0 Å². The molecule has 0 radical (unpaired) electrons. The van der Waals surface area contributed by atoms with E-state index in [4.69, 9.17) is 0 Å². The quantitative estimate of drug-likeness (QED) is 0.771. The third kappa shape index (κ3) is 2.16. The van der Waals surface area contributed by atoms with Gasteiger partial charge in [-0.1, -0.05) is 30.3 Å². The monoisotopic (exact) mass is 215 g/mol. The van der Waals surface area contributed by atoms with E-state index < -0.39 is 0 Å². The number of carbonyl (C=O) groups excluding carboxylic acids is 1. The van der Waals surface area contributed by atoms with Crippen LogP contribution in [0.15, 0.2) is 36.9 Å². The van der Waals surface area contributed by atoms with Gasteiger partial charge in [-0.15, -0.1) is 6.58 Å². The molecule has 2 rings (SSSR count). The number of amides is 1. The zero-order valence-corrected chi connectivity index (χ0v) is 9.41. The van der Waals surface area contributed by atoms with Gasteiger partial charge in [0.25, 0.3) is 0 Å². The molecular weight excluding hydrogens is 198 g/mol. The fourth-order valence-electron chi connectivity index (χ4n) is 2.28. The number of benzene rings is 1. The van der Waals surface area contributed by atoms with Crippen molar-refractivity contribution < 1.29 is 4.79 Å². The predicted molar refractivity (Wildman–Crippen MR) is 65.3 cm³/mol. The van der Waals surface area contributed by atoms with Crippen molar-refractivity contribution >= 4 is 5.91 Å². The van der Waals surface area contributed by atoms with Crippen LogP contribution in [-0.4, -0.2) is 12.5 Å². The molecule has 1 aromatic rings. The first kappa shape index (κ1) is 10.9. The largest absolute Gasteiger partial charge is 0.356 e. The van der Waals surface area contributed by atoms with E-state index >= 15 is 0 Å². The fourth-order valence-corrected chi connectivity index (χ4v) is 2.28. The Morgan fingerprint density at radius 1 is 1.44 bits per heavy atom. The van der Waals surface area contributed by atoms with Crippen LogP contribution in [0.1, 0.15) is 29.9 Å². The first-order valence-electron chi connectivity index (χ1n) is 5.79. The molecule has 1 atom stereocenters. The Hall–Kier alpha value is -1.57. The average molecular weight is 215 g/mol. The molecule has 1 aliphatic rings. The minimum atomic E-state index is 0.0323. The van der Waals surface area contributed by atoms with Crippen molar-refractivity contribution in [2.45, 2.75) is 25.2 Å². The Labute approximate surface area is 96.4 Å². The molecule has 0 saturated carbocycles. The van der Waals surface area contributed by atoms with E-state index in [1.165, 1.54) is 11.1 Å². The lowest BCUT2D eigenvalue weighted by atomic mass is 9.87. The second kappa shape index (κ2) is 4.97. The van der Waals surface area contributed by atoms with Crippen molar-refractivity contribution in [2.24, 2.45) is 0 Å². The number of hydrogen-bond donors (Lipinski definition) is 1. The maximum absolute atomic E-state index is 11.8. The van der Waals surface area contributed by atoms with Gasteiger partial charge in [0.2, 0.25) is 5.91 Å². The molecule has 1 amide bonds. The molecule has 0 aromatic heterocycles. The normalized spacial score (nSPS) is 20.2. The van der Waals surface area contributed by atoms with Crippen molar-refractivity contribution in [3.63, 3.8) is 0 Å². The van der Waals surface area contributed by atoms with E-state index in [-0.39, 0.29) is 11.8 Å². The smallest absolute Gasteiger partial charge is 0.227 e. The molecule has 2 heteroatoms. The van der Waals surface area contributed by atoms with Gasteiger partial charge in [0.05, 0.1) is 5.92 Å². The van der Waals surface area contributed by atoms with Crippen LogP contribution >= 0.6 is 0 Å². The van der Waals surface area contributed by atoms with Gasteiger partial charge in [0.1, 0.15) is 0 Å². The zero-order chi connectivity index (χ0) is 11.4. The molecule has 0 spiro atoms. The summed E-state index contributed by atoms with van der Waals surface area (Å²) in [4.78, 5) is 11.8. The number of hydrogen-bond acceptors (Lipinski definition) is 1. The lowest BCUT2D eigenvalue weighted by Crippen LogP contribution is -2.35. The lowest BCUT2D eigenvalue weighted by Gasteiger charge is -2.24. The number of rotatable bonds is 3. The fraction of sp³-hybridized carbons (Fsp3) is 0.357. The highest BCUT2D eigenvalue weighted by atomic mass is 16.1. The predicted octanol–water partition coefficient (Wildman–Crippen LogP) is 2.41. The summed E-state index contributed by atoms with van der Waals surface area (Å²) < 4.78 is 0. The van der Waals surface area contributed by atoms with Gasteiger partial charge in [-0.2, -0.15) is 0 Å². The van der Waals surface area contributed by atoms with Crippen LogP contribution in [0.5, 0.6) is 0 Å². The van der Waals surface area contributed by atoms with Crippen LogP contribution in [-0.2, 0) is 11.2 Å². The highest BCUT2D eigenvalue weighted by molar-refractivity contribution is 5.84. The minimum Gasteiger partial charge on any atom is -0.356 e. The highest BCUT2D eigenvalue weighted by Crippen LogP contribution is 2.27. The molecule has 1 aliphatic heterocycles. The van der Waals surface area contributed by atoms with Gasteiger partial charge in [0, 0.05) is 6.54 Å². The second-order valence-corrected chi connectivity index (χ2v) is 4.18. The number of piperidine rings is 1. The Morgan fingerprint density at radius 3 is 3.00 bits per heavy atom. The Morgan fingerprint density at radius 2 is 2.25 bits per heavy atom. The third-order valence-corrected chi connectivity index (χ3v) is 3.08. The molecule has 0 aliphatic carbocycles. The molecule has 1 N–H and O–H groups in total. The highest BCUT2D eigenvalue weighted by Gasteiger charge is 2.24. The Balaban J connectivity index is 2.30. The summed E-state index contributed by atoms with van der Waals surface area (Å²) in [7, 11) is 0. The lowest BCUT2D eigenvalue weighted by molar-refractivity contribution is -0.123. The summed E-state index contributed by atoms with van der Waals surface area (Å²) in [6, 6.07) is 8.17. The molecule has 2 nitrogen and oxygen atoms in total. The molecule has 1 saturated heterocycles. The standard InChI is InChI=1S/C14H17NO/c1-2-6-11-7-3-4-8-12(11)13-9-5-10-15-14(13)16/h2-4,7-8,13H,1,5-6,9-10H2,(H,15,16). The van der Waals surface area contributed by atoms with Gasteiger partial charge in [-0.3, -0.25) is 4.79 Å². The van der Waals surface area contributed by atoms with Gasteiger partial charge in [0.15, 0.2) is 0 Å². The van der Waals surface area contributed by atoms with Gasteiger partial charge in [-0.25, -0.2) is 0 Å². The van der Waals surface area contributed by atoms with E-state index in [1.54, 1.807) is 0 Å². The Bertz CT molecular complexity index is 397. The first-order chi connectivity index (χ1) is 7.83. The number of carbonyl (C=O) groups is 1. The van der Waals surface area contributed by atoms with Crippen LogP contribution in [0.2, 0.25) is 0 Å². The van der Waals surface area contributed by atoms with Crippen molar-refractivity contribution in [2.75, 3.05) is 6.54 Å². The van der Waals surface area contributed by atoms with Crippen molar-refractivity contribution in [1.29, 1.82) is 0 Å². The molecule has 16 heavy (non-hydrogen) atoms. The van der Waals surface area contributed by atoms with Crippen molar-refractivity contribution in [1.82, 2.24) is 5.32 Å². The van der Waals surface area contributed by atoms with Crippen LogP contribution in [0.3, 0.4) is 0 Å². The maximum atomic E-state index is 11.8. The molecule has 1 heterocycles. The maximum Gasteiger partial charge on any atom is 0.227 e. The molecule has 0 bridgehead atoms. The van der Waals surface area contributed by atoms with Crippen LogP contribution in [0, 0.1) is 0 Å². The minimum absolute atomic E-state index is 0.0323. The topological polar surface area (TPSA) is 29.1 Å². The molecular formula is C14H17NO. The second-order valence-electron chi connectivity index (χ2n) is 4.18. The molecule has 84 valence electrons. The van der Waals surface area contributed by atoms with Crippen LogP contribution < -0.4 is 5.32 Å². The summed E-state index contributed by atoms with van der Waals surface area (Å²) in [5, 5.41) is 2.94. The molecule has 1 fully saturated rings. The van der Waals surface area contributed by atoms with E-state index in [9.17, 15) is 4.79 Å². The van der Waals surface area contributed by atoms with Gasteiger partial charge < -0.3 is 5.32 Å². The van der Waals surface area contributed by atoms with Crippen molar-refractivity contribution in [3.8, 4) is 0 Å². The molecule has 1 aromatic carbocycles. The van der Waals surface area contributed by atoms with Gasteiger partial charge in [-0.05, 0) is 30.4 Å². The Kier molecular flexibility index (Phi) is 3.40. The first-order valence-corrected chi connectivity index (χ1v) is 5.79. The summed E-state index contributed by atoms with van der Waals surface area (Å²) in [6.45, 7) is 4.58. The zero-order valence-electron chi connectivity index (χ0n) is 9.41. The van der Waals surface area contributed by atoms with Crippen LogP contribution in [0.4, 0.5) is 0 Å². The van der Waals surface area contributed by atoms with Crippen molar-refractivity contribution in [3.05, 3.63) is 48.0 Å². The average Bonchev–Trinajstić information content (AvgIpc) is 2.31. The molecule has 1 unspecified atom stereocenters. The number of nitrogens with one attached hydrogen (secondary N) is 1. The van der Waals surface area contributed by atoms with E-state index in [0.29, 0.717) is 0 Å². The number of allylic oxidation sites excluding steroid dienone is 1. The van der Waals surface area contributed by atoms with E-state index in [1.807, 2.05) is 18.2 Å². The summed E-state index contributed by atoms with van der Waals surface area (Å²) in [6.07, 6.45) is 4.75.